The van der Waals surface area contributed by atoms with E-state index in [1.165, 1.54) is 21.6 Å². The van der Waals surface area contributed by atoms with Gasteiger partial charge in [-0.25, -0.2) is 0 Å². The van der Waals surface area contributed by atoms with E-state index in [4.69, 9.17) is 21.7 Å². The Balaban J connectivity index is 2.98. The number of carboxylic acid groups (broad SMARTS) is 2. The molecule has 0 aliphatic carbocycles. The predicted molar refractivity (Wildman–Crippen MR) is 175 cm³/mol. The van der Waals surface area contributed by atoms with Crippen LogP contribution < -0.4 is 43.4 Å². The molecule has 4 unspecified atom stereocenters. The lowest BCUT2D eigenvalue weighted by Gasteiger charge is -2.20. The van der Waals surface area contributed by atoms with E-state index in [1.54, 1.807) is 0 Å². The number of rotatable bonds is 10. The van der Waals surface area contributed by atoms with Crippen LogP contribution >= 0.6 is 43.2 Å². The van der Waals surface area contributed by atoms with E-state index in [2.05, 4.69) is 31.9 Å². The molecule has 0 radical (unpaired) electrons. The standard InChI is InChI=1S/C24H40N8O10S4/c25-13(23(39)40)1-3-17(33)31-15-11-45-46-12-16(32-18(34)4-2-14(26)24(41)42)22(38)30-10-20(36)28-6-8-44-43-7-5-27-19(35)9-29-21(15)37/h13-16H,1-12,25-26H2,(H,27,35)(H,28,36)(H,29,37)(H,30,38)(H,31,33)(H,32,34)(H,39,40)(H,41,42). The highest BCUT2D eigenvalue weighted by molar-refractivity contribution is 8.77. The second-order valence-electron chi connectivity index (χ2n) is 9.56. The Morgan fingerprint density at radius 1 is 0.674 bits per heavy atom. The topological polar surface area (TPSA) is 301 Å². The molecule has 18 nitrogen and oxygen atoms in total. The highest BCUT2D eigenvalue weighted by atomic mass is 33.1. The van der Waals surface area contributed by atoms with Crippen molar-refractivity contribution in [3.8, 4) is 0 Å². The van der Waals surface area contributed by atoms with Gasteiger partial charge in [0.25, 0.3) is 0 Å². The van der Waals surface area contributed by atoms with Gasteiger partial charge in [0.05, 0.1) is 13.1 Å². The molecular weight excluding hydrogens is 689 g/mol. The number of carbonyl (C=O) groups is 8. The van der Waals surface area contributed by atoms with Crippen LogP contribution in [0, 0.1) is 0 Å². The minimum atomic E-state index is -1.29. The zero-order valence-corrected chi connectivity index (χ0v) is 28.0. The third-order valence-corrected chi connectivity index (χ3v) is 10.6. The summed E-state index contributed by atoms with van der Waals surface area (Å²) in [6.07, 6.45) is -0.915. The summed E-state index contributed by atoms with van der Waals surface area (Å²) in [5.74, 6) is -5.16. The van der Waals surface area contributed by atoms with Gasteiger partial charge < -0.3 is 53.6 Å². The van der Waals surface area contributed by atoms with Crippen LogP contribution in [0.4, 0.5) is 0 Å². The van der Waals surface area contributed by atoms with Gasteiger partial charge in [0.1, 0.15) is 24.2 Å². The number of aliphatic carboxylic acids is 2. The van der Waals surface area contributed by atoms with Gasteiger partial charge in [0, 0.05) is 48.9 Å². The largest absolute Gasteiger partial charge is 0.480 e. The first-order valence-corrected chi connectivity index (χ1v) is 18.9. The average Bonchev–Trinajstić information content (AvgIpc) is 3.01. The molecule has 12 N–H and O–H groups in total. The maximum atomic E-state index is 12.9. The third-order valence-electron chi connectivity index (χ3n) is 5.80. The molecular formula is C24H40N8O10S4. The number of carbonyl (C=O) groups excluding carboxylic acids is 6. The molecule has 1 rings (SSSR count). The maximum Gasteiger partial charge on any atom is 0.320 e. The Bertz CT molecular complexity index is 1010. The molecule has 0 aromatic heterocycles. The predicted octanol–water partition coefficient (Wildman–Crippen LogP) is -3.42. The van der Waals surface area contributed by atoms with Crippen molar-refractivity contribution >= 4 is 90.6 Å². The van der Waals surface area contributed by atoms with Crippen molar-refractivity contribution in [3.63, 3.8) is 0 Å². The van der Waals surface area contributed by atoms with Crippen LogP contribution in [0.15, 0.2) is 0 Å². The normalized spacial score (nSPS) is 21.3. The Morgan fingerprint density at radius 2 is 1.04 bits per heavy atom. The molecule has 0 aromatic rings. The van der Waals surface area contributed by atoms with E-state index < -0.39 is 71.5 Å². The first-order valence-electron chi connectivity index (χ1n) is 13.9. The van der Waals surface area contributed by atoms with Crippen molar-refractivity contribution in [1.29, 1.82) is 0 Å². The van der Waals surface area contributed by atoms with Gasteiger partial charge in [-0.1, -0.05) is 43.2 Å². The van der Waals surface area contributed by atoms with Crippen molar-refractivity contribution in [2.24, 2.45) is 11.5 Å². The minimum absolute atomic E-state index is 0.0547. The van der Waals surface area contributed by atoms with Crippen LogP contribution in [0.5, 0.6) is 0 Å². The van der Waals surface area contributed by atoms with E-state index in [1.807, 2.05) is 0 Å². The maximum absolute atomic E-state index is 12.9. The van der Waals surface area contributed by atoms with Gasteiger partial charge in [-0.15, -0.1) is 0 Å². The second-order valence-corrected chi connectivity index (χ2v) is 14.8. The Kier molecular flexibility index (Phi) is 20.9. The molecule has 0 aromatic carbocycles. The summed E-state index contributed by atoms with van der Waals surface area (Å²) in [5, 5.41) is 33.1. The van der Waals surface area contributed by atoms with E-state index in [-0.39, 0.29) is 50.3 Å². The van der Waals surface area contributed by atoms with Gasteiger partial charge in [-0.3, -0.25) is 38.4 Å². The van der Waals surface area contributed by atoms with Crippen molar-refractivity contribution in [3.05, 3.63) is 0 Å². The zero-order chi connectivity index (χ0) is 34.5. The van der Waals surface area contributed by atoms with E-state index in [0.717, 1.165) is 21.6 Å². The van der Waals surface area contributed by atoms with Crippen LogP contribution in [0.2, 0.25) is 0 Å². The fourth-order valence-corrected chi connectivity index (χ4v) is 7.38. The fraction of sp³-hybridized carbons (Fsp3) is 0.667. The molecule has 1 heterocycles. The molecule has 46 heavy (non-hydrogen) atoms. The van der Waals surface area contributed by atoms with Crippen molar-refractivity contribution in [2.45, 2.75) is 49.9 Å². The number of hydrogen-bond donors (Lipinski definition) is 10. The van der Waals surface area contributed by atoms with Gasteiger partial charge in [-0.2, -0.15) is 0 Å². The first kappa shape index (κ1) is 41.1. The minimum Gasteiger partial charge on any atom is -0.480 e. The van der Waals surface area contributed by atoms with E-state index in [0.29, 0.717) is 24.6 Å². The molecule has 1 saturated heterocycles. The van der Waals surface area contributed by atoms with Crippen molar-refractivity contribution in [2.75, 3.05) is 49.2 Å². The second kappa shape index (κ2) is 23.4. The van der Waals surface area contributed by atoms with E-state index in [9.17, 15) is 38.4 Å². The van der Waals surface area contributed by atoms with Crippen molar-refractivity contribution in [1.82, 2.24) is 31.9 Å². The summed E-state index contributed by atoms with van der Waals surface area (Å²) < 4.78 is 0. The van der Waals surface area contributed by atoms with Gasteiger partial charge in [-0.05, 0) is 12.8 Å². The van der Waals surface area contributed by atoms with E-state index >= 15 is 0 Å². The van der Waals surface area contributed by atoms with Crippen LogP contribution in [-0.2, 0) is 38.4 Å². The molecule has 0 bridgehead atoms. The Labute approximate surface area is 280 Å². The molecule has 1 aliphatic heterocycles. The molecule has 4 atom stereocenters. The molecule has 1 fully saturated rings. The van der Waals surface area contributed by atoms with Crippen LogP contribution in [0.1, 0.15) is 25.7 Å². The highest BCUT2D eigenvalue weighted by Gasteiger charge is 2.25. The summed E-state index contributed by atoms with van der Waals surface area (Å²) in [7, 11) is 5.02. The third kappa shape index (κ3) is 18.9. The quantitative estimate of drug-likeness (QED) is 0.0980. The Hall–Kier alpha value is -2.92. The van der Waals surface area contributed by atoms with Crippen LogP contribution in [0.3, 0.4) is 0 Å². The molecule has 260 valence electrons. The lowest BCUT2D eigenvalue weighted by atomic mass is 10.1. The summed E-state index contributed by atoms with van der Waals surface area (Å²) in [6.45, 7) is -0.0796. The van der Waals surface area contributed by atoms with Crippen LogP contribution in [0.25, 0.3) is 0 Å². The number of amides is 6. The summed E-state index contributed by atoms with van der Waals surface area (Å²) in [4.78, 5) is 97.0. The molecule has 0 spiro atoms. The lowest BCUT2D eigenvalue weighted by molar-refractivity contribution is -0.140. The number of nitrogens with two attached hydrogens (primary N) is 2. The van der Waals surface area contributed by atoms with Gasteiger partial charge in [0.15, 0.2) is 0 Å². The lowest BCUT2D eigenvalue weighted by Crippen LogP contribution is -2.51. The number of carboxylic acids is 2. The summed E-state index contributed by atoms with van der Waals surface area (Å²) in [6, 6.07) is -4.87. The smallest absolute Gasteiger partial charge is 0.320 e. The highest BCUT2D eigenvalue weighted by Crippen LogP contribution is 2.23. The Morgan fingerprint density at radius 3 is 1.39 bits per heavy atom. The number of nitrogens with one attached hydrogen (secondary N) is 6. The number of hydrogen-bond acceptors (Lipinski definition) is 14. The zero-order valence-electron chi connectivity index (χ0n) is 24.7. The van der Waals surface area contributed by atoms with Crippen LogP contribution in [-0.4, -0.2) is 131 Å². The van der Waals surface area contributed by atoms with Gasteiger partial charge in [0.2, 0.25) is 35.4 Å². The van der Waals surface area contributed by atoms with Gasteiger partial charge >= 0.3 is 11.9 Å². The van der Waals surface area contributed by atoms with Crippen molar-refractivity contribution < 1.29 is 48.6 Å². The first-order chi connectivity index (χ1) is 21.8. The SMILES string of the molecule is NC(CCC(=O)NC1CSSCC(NC(=O)CCC(N)C(=O)O)C(=O)NCC(=O)NCCSSCCNC(=O)CNC1=O)C(=O)O. The summed E-state index contributed by atoms with van der Waals surface area (Å²) >= 11 is 0. The summed E-state index contributed by atoms with van der Waals surface area (Å²) in [5.41, 5.74) is 10.9. The fourth-order valence-electron chi connectivity index (χ4n) is 3.24. The molecule has 22 heteroatoms. The monoisotopic (exact) mass is 728 g/mol. The average molecular weight is 729 g/mol. The molecule has 6 amide bonds. The molecule has 0 saturated carbocycles. The molecule has 1 aliphatic rings.